The van der Waals surface area contributed by atoms with Gasteiger partial charge in [-0.2, -0.15) is 0 Å². The Kier molecular flexibility index (Phi) is 6.14. The van der Waals surface area contributed by atoms with Gasteiger partial charge in [0.2, 0.25) is 0 Å². The molecule has 0 aromatic heterocycles. The molecule has 0 heterocycles. The van der Waals surface area contributed by atoms with E-state index in [1.165, 1.54) is 0 Å². The summed E-state index contributed by atoms with van der Waals surface area (Å²) < 4.78 is 52.8. The molecule has 2 N–H and O–H groups in total. The number of carbonyl (C=O) groups is 1. The summed E-state index contributed by atoms with van der Waals surface area (Å²) in [5.41, 5.74) is -1.33. The smallest absolute Gasteiger partial charge is 0.257 e. The first-order chi connectivity index (χ1) is 9.83. The van der Waals surface area contributed by atoms with E-state index in [1.54, 1.807) is 0 Å². The summed E-state index contributed by atoms with van der Waals surface area (Å²) in [6.45, 7) is 3.43. The Balaban J connectivity index is 2.86. The lowest BCUT2D eigenvalue weighted by Crippen LogP contribution is -2.37. The van der Waals surface area contributed by atoms with Gasteiger partial charge < -0.3 is 10.4 Å². The molecule has 0 bridgehead atoms. The molecule has 118 valence electrons. The van der Waals surface area contributed by atoms with Crippen LogP contribution in [0.4, 0.5) is 17.6 Å². The molecule has 0 spiro atoms. The third kappa shape index (κ3) is 3.93. The van der Waals surface area contributed by atoms with Crippen LogP contribution in [0.1, 0.15) is 37.0 Å². The molecule has 0 fully saturated rings. The summed E-state index contributed by atoms with van der Waals surface area (Å²) in [5.74, 6) is -8.23. The van der Waals surface area contributed by atoms with E-state index in [4.69, 9.17) is 0 Å². The minimum absolute atomic E-state index is 0.0283. The molecule has 1 aromatic carbocycles. The van der Waals surface area contributed by atoms with Crippen LogP contribution in [0.3, 0.4) is 0 Å². The van der Waals surface area contributed by atoms with Crippen LogP contribution in [0.25, 0.3) is 0 Å². The number of aliphatic hydroxyl groups is 1. The first kappa shape index (κ1) is 17.4. The number of aliphatic hydroxyl groups excluding tert-OH is 1. The van der Waals surface area contributed by atoms with Crippen molar-refractivity contribution in [3.63, 3.8) is 0 Å². The monoisotopic (exact) mass is 307 g/mol. The van der Waals surface area contributed by atoms with Crippen molar-refractivity contribution in [2.75, 3.05) is 6.54 Å². The van der Waals surface area contributed by atoms with Gasteiger partial charge in [0.1, 0.15) is 5.56 Å². The second-order valence-electron chi connectivity index (χ2n) is 4.70. The number of benzene rings is 1. The molecule has 0 aliphatic heterocycles. The lowest BCUT2D eigenvalue weighted by atomic mass is 9.96. The lowest BCUT2D eigenvalue weighted by Gasteiger charge is -2.20. The zero-order chi connectivity index (χ0) is 16.2. The van der Waals surface area contributed by atoms with E-state index >= 15 is 0 Å². The molecular weight excluding hydrogens is 290 g/mol. The maximum atomic E-state index is 13.4. The third-order valence-corrected chi connectivity index (χ3v) is 3.40. The van der Waals surface area contributed by atoms with Gasteiger partial charge >= 0.3 is 0 Å². The van der Waals surface area contributed by atoms with Gasteiger partial charge in [0.15, 0.2) is 23.3 Å². The van der Waals surface area contributed by atoms with Crippen LogP contribution in [0.15, 0.2) is 6.07 Å². The molecule has 0 aliphatic carbocycles. The average Bonchev–Trinajstić information content (AvgIpc) is 2.44. The van der Waals surface area contributed by atoms with Crippen molar-refractivity contribution in [2.45, 2.75) is 32.8 Å². The van der Waals surface area contributed by atoms with Crippen molar-refractivity contribution in [1.29, 1.82) is 0 Å². The van der Waals surface area contributed by atoms with E-state index in [9.17, 15) is 27.5 Å². The van der Waals surface area contributed by atoms with Crippen molar-refractivity contribution < 1.29 is 27.5 Å². The highest BCUT2D eigenvalue weighted by atomic mass is 19.2. The number of hydrogen-bond donors (Lipinski definition) is 2. The van der Waals surface area contributed by atoms with Crippen LogP contribution >= 0.6 is 0 Å². The molecule has 0 aliphatic rings. The van der Waals surface area contributed by atoms with Gasteiger partial charge in [0.05, 0.1) is 6.10 Å². The first-order valence-electron chi connectivity index (χ1n) is 6.62. The Morgan fingerprint density at radius 2 is 1.62 bits per heavy atom. The third-order valence-electron chi connectivity index (χ3n) is 3.40. The fraction of sp³-hybridized carbons (Fsp3) is 0.500. The van der Waals surface area contributed by atoms with Gasteiger partial charge in [0, 0.05) is 12.6 Å². The van der Waals surface area contributed by atoms with Gasteiger partial charge in [-0.3, -0.25) is 4.79 Å². The maximum absolute atomic E-state index is 13.4. The summed E-state index contributed by atoms with van der Waals surface area (Å²) in [6, 6.07) is 0.0283. The van der Waals surface area contributed by atoms with E-state index in [0.717, 1.165) is 0 Å². The Hall–Kier alpha value is -1.63. The van der Waals surface area contributed by atoms with Crippen molar-refractivity contribution in [3.8, 4) is 0 Å². The molecule has 0 saturated carbocycles. The van der Waals surface area contributed by atoms with E-state index in [-0.39, 0.29) is 18.5 Å². The second-order valence-corrected chi connectivity index (χ2v) is 4.70. The second kappa shape index (κ2) is 7.40. The molecule has 1 amide bonds. The van der Waals surface area contributed by atoms with Crippen molar-refractivity contribution in [1.82, 2.24) is 5.32 Å². The zero-order valence-corrected chi connectivity index (χ0v) is 11.7. The van der Waals surface area contributed by atoms with Crippen LogP contribution in [-0.2, 0) is 0 Å². The van der Waals surface area contributed by atoms with Crippen molar-refractivity contribution in [3.05, 3.63) is 34.9 Å². The molecule has 21 heavy (non-hydrogen) atoms. The maximum Gasteiger partial charge on any atom is 0.257 e. The topological polar surface area (TPSA) is 49.3 Å². The summed E-state index contributed by atoms with van der Waals surface area (Å²) >= 11 is 0. The van der Waals surface area contributed by atoms with E-state index in [2.05, 4.69) is 5.32 Å². The van der Waals surface area contributed by atoms with Gasteiger partial charge in [-0.1, -0.05) is 26.7 Å². The largest absolute Gasteiger partial charge is 0.391 e. The summed E-state index contributed by atoms with van der Waals surface area (Å²) in [5, 5.41) is 11.9. The Labute approximate surface area is 120 Å². The Bertz CT molecular complexity index is 492. The molecular formula is C14H17F4NO2. The molecule has 1 rings (SSSR count). The number of amides is 1. The quantitative estimate of drug-likeness (QED) is 0.627. The number of rotatable bonds is 6. The number of nitrogens with one attached hydrogen (secondary N) is 1. The fourth-order valence-corrected chi connectivity index (χ4v) is 2.06. The van der Waals surface area contributed by atoms with Gasteiger partial charge in [-0.05, 0) is 5.92 Å². The normalized spacial score (nSPS) is 12.6. The molecule has 0 saturated heterocycles. The van der Waals surface area contributed by atoms with E-state index in [1.807, 2.05) is 13.8 Å². The summed E-state index contributed by atoms with van der Waals surface area (Å²) in [7, 11) is 0. The van der Waals surface area contributed by atoms with Gasteiger partial charge in [0.25, 0.3) is 5.91 Å². The van der Waals surface area contributed by atoms with Crippen LogP contribution in [0.2, 0.25) is 0 Å². The predicted molar refractivity (Wildman–Crippen MR) is 68.7 cm³/mol. The summed E-state index contributed by atoms with van der Waals surface area (Å²) in [6.07, 6.45) is 0.406. The Morgan fingerprint density at radius 1 is 1.14 bits per heavy atom. The molecule has 1 atom stereocenters. The summed E-state index contributed by atoms with van der Waals surface area (Å²) in [4.78, 5) is 11.7. The number of carbonyl (C=O) groups excluding carboxylic acids is 1. The number of hydrogen-bond acceptors (Lipinski definition) is 2. The van der Waals surface area contributed by atoms with E-state index < -0.39 is 40.8 Å². The predicted octanol–water partition coefficient (Wildman–Crippen LogP) is 2.77. The minimum Gasteiger partial charge on any atom is -0.391 e. The molecule has 1 unspecified atom stereocenters. The average molecular weight is 307 g/mol. The highest BCUT2D eigenvalue weighted by Crippen LogP contribution is 2.19. The highest BCUT2D eigenvalue weighted by molar-refractivity contribution is 5.94. The minimum atomic E-state index is -1.76. The molecule has 0 radical (unpaired) electrons. The fourth-order valence-electron chi connectivity index (χ4n) is 2.06. The van der Waals surface area contributed by atoms with Crippen molar-refractivity contribution >= 4 is 5.91 Å². The first-order valence-corrected chi connectivity index (χ1v) is 6.62. The van der Waals surface area contributed by atoms with Gasteiger partial charge in [-0.15, -0.1) is 0 Å². The van der Waals surface area contributed by atoms with Crippen LogP contribution in [-0.4, -0.2) is 23.7 Å². The lowest BCUT2D eigenvalue weighted by molar-refractivity contribution is 0.0808. The molecule has 7 heteroatoms. The molecule has 1 aromatic rings. The highest BCUT2D eigenvalue weighted by Gasteiger charge is 2.25. The Morgan fingerprint density at radius 3 is 2.05 bits per heavy atom. The van der Waals surface area contributed by atoms with E-state index in [0.29, 0.717) is 12.8 Å². The van der Waals surface area contributed by atoms with Crippen LogP contribution < -0.4 is 5.32 Å². The molecule has 3 nitrogen and oxygen atoms in total. The zero-order valence-electron chi connectivity index (χ0n) is 11.7. The van der Waals surface area contributed by atoms with Crippen LogP contribution in [0.5, 0.6) is 0 Å². The van der Waals surface area contributed by atoms with Crippen LogP contribution in [0, 0.1) is 29.2 Å². The SMILES string of the molecule is CCC(CC)C(O)CNC(=O)c1c(F)c(F)cc(F)c1F. The standard InChI is InChI=1S/C14H17F4NO2/c1-3-7(4-2)10(20)6-19-14(21)11-12(17)8(15)5-9(16)13(11)18/h5,7,10,20H,3-4,6H2,1-2H3,(H,19,21). The van der Waals surface area contributed by atoms with Crippen molar-refractivity contribution in [2.24, 2.45) is 5.92 Å². The number of halogens is 4. The van der Waals surface area contributed by atoms with Gasteiger partial charge in [-0.25, -0.2) is 17.6 Å².